The normalized spacial score (nSPS) is 18.4. The van der Waals surface area contributed by atoms with Crippen LogP contribution in [0.4, 0.5) is 0 Å². The molecule has 4 rings (SSSR count). The van der Waals surface area contributed by atoms with E-state index in [9.17, 15) is 0 Å². The maximum Gasteiger partial charge on any atom is 0.00271 e. The Morgan fingerprint density at radius 3 is 2.63 bits per heavy atom. The Bertz CT molecular complexity index is 944. The first-order valence-corrected chi connectivity index (χ1v) is 10.3. The maximum atomic E-state index is 2.38. The molecule has 0 saturated heterocycles. The molecule has 1 unspecified atom stereocenters. The molecular formula is C27H30. The van der Waals surface area contributed by atoms with Crippen molar-refractivity contribution in [2.24, 2.45) is 0 Å². The standard InChI is InChI=1S/C27H30/c1-5-7-19-10-13-24-17-23(14-15-26(19)24)22-12-11-21(16-22)20-8-6-9-25(18-20)27(2,3)4/h6,8-11,13-19H,5,7,12H2,1-4H3. The highest BCUT2D eigenvalue weighted by Crippen LogP contribution is 2.38. The number of rotatable bonds is 4. The molecule has 0 nitrogen and oxygen atoms in total. The summed E-state index contributed by atoms with van der Waals surface area (Å²) in [6.07, 6.45) is 13.0. The molecule has 0 aliphatic heterocycles. The van der Waals surface area contributed by atoms with Gasteiger partial charge in [0.15, 0.2) is 0 Å². The Morgan fingerprint density at radius 2 is 1.85 bits per heavy atom. The maximum absolute atomic E-state index is 2.38. The predicted molar refractivity (Wildman–Crippen MR) is 119 cm³/mol. The van der Waals surface area contributed by atoms with E-state index < -0.39 is 0 Å². The van der Waals surface area contributed by atoms with Gasteiger partial charge in [-0.15, -0.1) is 0 Å². The smallest absolute Gasteiger partial charge is 0.00271 e. The van der Waals surface area contributed by atoms with Crippen LogP contribution in [0.25, 0.3) is 17.2 Å². The average Bonchev–Trinajstić information content (AvgIpc) is 3.29. The number of hydrogen-bond donors (Lipinski definition) is 0. The molecule has 0 heteroatoms. The number of fused-ring (bicyclic) bond motifs is 1. The van der Waals surface area contributed by atoms with Crippen LogP contribution in [0.2, 0.25) is 0 Å². The molecule has 0 spiro atoms. The van der Waals surface area contributed by atoms with Crippen LogP contribution in [0.15, 0.2) is 60.7 Å². The second-order valence-corrected chi connectivity index (χ2v) is 8.96. The monoisotopic (exact) mass is 354 g/mol. The zero-order valence-electron chi connectivity index (χ0n) is 17.0. The largest absolute Gasteiger partial charge is 0.0764 e. The van der Waals surface area contributed by atoms with E-state index in [1.54, 1.807) is 0 Å². The summed E-state index contributed by atoms with van der Waals surface area (Å²) < 4.78 is 0. The van der Waals surface area contributed by atoms with Gasteiger partial charge in [0.1, 0.15) is 0 Å². The van der Waals surface area contributed by atoms with Crippen molar-refractivity contribution in [3.63, 3.8) is 0 Å². The van der Waals surface area contributed by atoms with Gasteiger partial charge in [-0.05, 0) is 63.3 Å². The quantitative estimate of drug-likeness (QED) is 0.526. The fraction of sp³-hybridized carbons (Fsp3) is 0.333. The summed E-state index contributed by atoms with van der Waals surface area (Å²) >= 11 is 0. The zero-order chi connectivity index (χ0) is 19.0. The molecule has 2 aromatic carbocycles. The van der Waals surface area contributed by atoms with E-state index in [0.29, 0.717) is 5.92 Å². The van der Waals surface area contributed by atoms with E-state index in [1.807, 2.05) is 0 Å². The SMILES string of the molecule is CCCC1C=Cc2cc(C3=CC(c4cccc(C(C)(C)C)c4)=CC3)ccc21. The predicted octanol–water partition coefficient (Wildman–Crippen LogP) is 7.77. The van der Waals surface area contributed by atoms with Gasteiger partial charge >= 0.3 is 0 Å². The van der Waals surface area contributed by atoms with E-state index >= 15 is 0 Å². The van der Waals surface area contributed by atoms with Gasteiger partial charge in [-0.2, -0.15) is 0 Å². The first kappa shape index (κ1) is 18.0. The molecule has 2 aliphatic carbocycles. The van der Waals surface area contributed by atoms with Crippen molar-refractivity contribution in [1.82, 2.24) is 0 Å². The van der Waals surface area contributed by atoms with Crippen LogP contribution in [-0.2, 0) is 5.41 Å². The Morgan fingerprint density at radius 1 is 1.00 bits per heavy atom. The molecular weight excluding hydrogens is 324 g/mol. The molecule has 0 amide bonds. The van der Waals surface area contributed by atoms with Crippen molar-refractivity contribution in [1.29, 1.82) is 0 Å². The topological polar surface area (TPSA) is 0 Å². The third-order valence-electron chi connectivity index (χ3n) is 5.90. The molecule has 2 aliphatic rings. The highest BCUT2D eigenvalue weighted by atomic mass is 14.2. The van der Waals surface area contributed by atoms with Crippen LogP contribution in [0.3, 0.4) is 0 Å². The van der Waals surface area contributed by atoms with Crippen LogP contribution in [0, 0.1) is 0 Å². The van der Waals surface area contributed by atoms with Crippen LogP contribution in [0.1, 0.15) is 80.7 Å². The second kappa shape index (κ2) is 7.00. The van der Waals surface area contributed by atoms with E-state index in [2.05, 4.69) is 94.5 Å². The minimum atomic E-state index is 0.184. The molecule has 1 atom stereocenters. The minimum Gasteiger partial charge on any atom is -0.0764 e. The molecule has 0 saturated carbocycles. The third kappa shape index (κ3) is 3.58. The zero-order valence-corrected chi connectivity index (χ0v) is 17.0. The van der Waals surface area contributed by atoms with E-state index in [1.165, 1.54) is 51.8 Å². The van der Waals surface area contributed by atoms with Crippen LogP contribution in [-0.4, -0.2) is 0 Å². The van der Waals surface area contributed by atoms with Gasteiger partial charge in [-0.3, -0.25) is 0 Å². The lowest BCUT2D eigenvalue weighted by atomic mass is 9.85. The van der Waals surface area contributed by atoms with Gasteiger partial charge in [0, 0.05) is 5.92 Å². The number of benzene rings is 2. The molecule has 2 aromatic rings. The summed E-state index contributed by atoms with van der Waals surface area (Å²) in [6, 6.07) is 16.1. The van der Waals surface area contributed by atoms with Crippen molar-refractivity contribution in [2.45, 2.75) is 58.3 Å². The third-order valence-corrected chi connectivity index (χ3v) is 5.90. The van der Waals surface area contributed by atoms with Crippen molar-refractivity contribution < 1.29 is 0 Å². The molecule has 0 N–H and O–H groups in total. The Balaban J connectivity index is 1.59. The lowest BCUT2D eigenvalue weighted by Gasteiger charge is -2.19. The lowest BCUT2D eigenvalue weighted by molar-refractivity contribution is 0.590. The van der Waals surface area contributed by atoms with Gasteiger partial charge in [0.05, 0.1) is 0 Å². The van der Waals surface area contributed by atoms with E-state index in [4.69, 9.17) is 0 Å². The minimum absolute atomic E-state index is 0.184. The van der Waals surface area contributed by atoms with Crippen molar-refractivity contribution in [2.75, 3.05) is 0 Å². The van der Waals surface area contributed by atoms with Gasteiger partial charge in [-0.25, -0.2) is 0 Å². The van der Waals surface area contributed by atoms with Gasteiger partial charge in [0.2, 0.25) is 0 Å². The average molecular weight is 355 g/mol. The van der Waals surface area contributed by atoms with Crippen LogP contribution in [0.5, 0.6) is 0 Å². The molecule has 27 heavy (non-hydrogen) atoms. The molecule has 0 fully saturated rings. The Kier molecular flexibility index (Phi) is 4.68. The van der Waals surface area contributed by atoms with Crippen molar-refractivity contribution >= 4 is 17.2 Å². The summed E-state index contributed by atoms with van der Waals surface area (Å²) in [5, 5.41) is 0. The van der Waals surface area contributed by atoms with E-state index in [-0.39, 0.29) is 5.41 Å². The van der Waals surface area contributed by atoms with Crippen LogP contribution >= 0.6 is 0 Å². The highest BCUT2D eigenvalue weighted by Gasteiger charge is 2.19. The van der Waals surface area contributed by atoms with E-state index in [0.717, 1.165) is 6.42 Å². The van der Waals surface area contributed by atoms with Gasteiger partial charge in [-0.1, -0.05) is 94.8 Å². The van der Waals surface area contributed by atoms with Crippen molar-refractivity contribution in [3.8, 4) is 0 Å². The van der Waals surface area contributed by atoms with Gasteiger partial charge < -0.3 is 0 Å². The first-order valence-electron chi connectivity index (χ1n) is 10.3. The highest BCUT2D eigenvalue weighted by molar-refractivity contribution is 5.90. The molecule has 0 bridgehead atoms. The molecule has 0 radical (unpaired) electrons. The fourth-order valence-corrected chi connectivity index (χ4v) is 4.24. The molecule has 0 aromatic heterocycles. The second-order valence-electron chi connectivity index (χ2n) is 8.96. The molecule has 0 heterocycles. The Labute approximate surface area is 164 Å². The summed E-state index contributed by atoms with van der Waals surface area (Å²) in [5.74, 6) is 0.616. The molecule has 138 valence electrons. The summed E-state index contributed by atoms with van der Waals surface area (Å²) in [4.78, 5) is 0. The Hall–Kier alpha value is -2.34. The number of hydrogen-bond acceptors (Lipinski definition) is 0. The first-order chi connectivity index (χ1) is 13.0. The summed E-state index contributed by atoms with van der Waals surface area (Å²) in [7, 11) is 0. The summed E-state index contributed by atoms with van der Waals surface area (Å²) in [6.45, 7) is 9.10. The van der Waals surface area contributed by atoms with Gasteiger partial charge in [0.25, 0.3) is 0 Å². The fourth-order valence-electron chi connectivity index (χ4n) is 4.24. The van der Waals surface area contributed by atoms with Crippen molar-refractivity contribution in [3.05, 3.63) is 88.5 Å². The summed E-state index contributed by atoms with van der Waals surface area (Å²) in [5.41, 5.74) is 9.99. The number of allylic oxidation sites excluding steroid dienone is 5. The van der Waals surface area contributed by atoms with Crippen LogP contribution < -0.4 is 0 Å². The lowest BCUT2D eigenvalue weighted by Crippen LogP contribution is -2.10.